The lowest BCUT2D eigenvalue weighted by molar-refractivity contribution is -0.119. The minimum absolute atomic E-state index is 0.220. The molecule has 0 bridgehead atoms. The molecule has 1 saturated heterocycles. The summed E-state index contributed by atoms with van der Waals surface area (Å²) in [5, 5.41) is 3.23. The van der Waals surface area contributed by atoms with Gasteiger partial charge in [0.25, 0.3) is 0 Å². The Morgan fingerprint density at radius 3 is 2.62 bits per heavy atom. The predicted octanol–water partition coefficient (Wildman–Crippen LogP) is 2.55. The average Bonchev–Trinajstić information content (AvgIpc) is 3.17. The summed E-state index contributed by atoms with van der Waals surface area (Å²) in [6, 6.07) is 6.00. The maximum absolute atomic E-state index is 12.9. The van der Waals surface area contributed by atoms with Gasteiger partial charge in [0.2, 0.25) is 15.9 Å². The van der Waals surface area contributed by atoms with Crippen molar-refractivity contribution in [3.63, 3.8) is 0 Å². The normalized spacial score (nSPS) is 18.7. The lowest BCUT2D eigenvalue weighted by Gasteiger charge is -2.23. The van der Waals surface area contributed by atoms with Crippen LogP contribution in [0.4, 0.5) is 5.13 Å². The summed E-state index contributed by atoms with van der Waals surface area (Å²) < 4.78 is 27.0. The molecular formula is C16H19N3O3S2. The molecule has 2 heterocycles. The summed E-state index contributed by atoms with van der Waals surface area (Å²) in [6.45, 7) is 4.15. The van der Waals surface area contributed by atoms with Crippen LogP contribution in [0.2, 0.25) is 0 Å². The van der Waals surface area contributed by atoms with Gasteiger partial charge >= 0.3 is 0 Å². The molecule has 3 rings (SSSR count). The van der Waals surface area contributed by atoms with E-state index in [0.29, 0.717) is 24.5 Å². The van der Waals surface area contributed by atoms with E-state index in [9.17, 15) is 13.2 Å². The van der Waals surface area contributed by atoms with Crippen LogP contribution in [-0.2, 0) is 14.8 Å². The van der Waals surface area contributed by atoms with E-state index in [-0.39, 0.29) is 10.8 Å². The first kappa shape index (κ1) is 17.1. The summed E-state index contributed by atoms with van der Waals surface area (Å²) in [6.07, 6.45) is 2.86. The second kappa shape index (κ2) is 6.62. The van der Waals surface area contributed by atoms with Crippen molar-refractivity contribution in [1.82, 2.24) is 9.29 Å². The maximum atomic E-state index is 12.9. The van der Waals surface area contributed by atoms with Gasteiger partial charge in [0.05, 0.1) is 4.90 Å². The topological polar surface area (TPSA) is 79.4 Å². The fraction of sp³-hybridized carbons (Fsp3) is 0.375. The number of thiazole rings is 1. The van der Waals surface area contributed by atoms with Crippen LogP contribution in [0.1, 0.15) is 23.3 Å². The molecule has 1 aliphatic heterocycles. The molecule has 6 nitrogen and oxygen atoms in total. The summed E-state index contributed by atoms with van der Waals surface area (Å²) in [4.78, 5) is 17.8. The number of nitrogens with one attached hydrogen (secondary N) is 1. The van der Waals surface area contributed by atoms with Gasteiger partial charge in [-0.25, -0.2) is 13.4 Å². The zero-order valence-electron chi connectivity index (χ0n) is 13.5. The highest BCUT2D eigenvalue weighted by Crippen LogP contribution is 2.27. The van der Waals surface area contributed by atoms with E-state index in [4.69, 9.17) is 0 Å². The molecule has 0 spiro atoms. The first-order chi connectivity index (χ1) is 11.4. The number of nitrogens with zero attached hydrogens (tertiary/aromatic N) is 2. The summed E-state index contributed by atoms with van der Waals surface area (Å²) >= 11 is 1.37. The highest BCUT2D eigenvalue weighted by atomic mass is 32.2. The van der Waals surface area contributed by atoms with E-state index >= 15 is 0 Å². The van der Waals surface area contributed by atoms with Crippen molar-refractivity contribution >= 4 is 32.4 Å². The van der Waals surface area contributed by atoms with E-state index in [2.05, 4.69) is 10.3 Å². The molecule has 0 radical (unpaired) electrons. The van der Waals surface area contributed by atoms with Crippen molar-refractivity contribution < 1.29 is 13.2 Å². The molecule has 0 saturated carbocycles. The Morgan fingerprint density at radius 2 is 2.00 bits per heavy atom. The van der Waals surface area contributed by atoms with Crippen LogP contribution in [0.25, 0.3) is 0 Å². The molecule has 1 aromatic carbocycles. The lowest BCUT2D eigenvalue weighted by atomic mass is 10.2. The molecule has 1 unspecified atom stereocenters. The zero-order chi connectivity index (χ0) is 17.3. The summed E-state index contributed by atoms with van der Waals surface area (Å²) in [5.41, 5.74) is 0.990. The molecular weight excluding hydrogens is 346 g/mol. The number of benzene rings is 1. The van der Waals surface area contributed by atoms with E-state index in [1.54, 1.807) is 30.5 Å². The largest absolute Gasteiger partial charge is 0.301 e. The Morgan fingerprint density at radius 1 is 1.29 bits per heavy atom. The first-order valence-electron chi connectivity index (χ1n) is 7.70. The van der Waals surface area contributed by atoms with Gasteiger partial charge in [-0.2, -0.15) is 4.31 Å². The van der Waals surface area contributed by atoms with Crippen LogP contribution in [0, 0.1) is 13.8 Å². The Labute approximate surface area is 145 Å². The van der Waals surface area contributed by atoms with Gasteiger partial charge in [0, 0.05) is 17.6 Å². The van der Waals surface area contributed by atoms with Crippen molar-refractivity contribution in [2.24, 2.45) is 0 Å². The Hall–Kier alpha value is -1.77. The molecule has 1 fully saturated rings. The molecule has 8 heteroatoms. The Balaban J connectivity index is 1.81. The SMILES string of the molecule is Cc1ccc(S(=O)(=O)N2CCCC2C(=O)Nc2ncc(C)s2)cc1. The third-order valence-electron chi connectivity index (χ3n) is 3.99. The van der Waals surface area contributed by atoms with Crippen molar-refractivity contribution in [3.05, 3.63) is 40.9 Å². The Kier molecular flexibility index (Phi) is 4.71. The number of anilines is 1. The number of hydrogen-bond donors (Lipinski definition) is 1. The van der Waals surface area contributed by atoms with E-state index in [0.717, 1.165) is 10.4 Å². The molecule has 128 valence electrons. The predicted molar refractivity (Wildman–Crippen MR) is 93.6 cm³/mol. The number of aryl methyl sites for hydroxylation is 2. The maximum Gasteiger partial charge on any atom is 0.244 e. The van der Waals surface area contributed by atoms with Gasteiger partial charge in [0.15, 0.2) is 5.13 Å². The molecule has 24 heavy (non-hydrogen) atoms. The molecule has 1 amide bonds. The van der Waals surface area contributed by atoms with Crippen molar-refractivity contribution in [3.8, 4) is 0 Å². The minimum Gasteiger partial charge on any atom is -0.301 e. The van der Waals surface area contributed by atoms with Crippen LogP contribution in [-0.4, -0.2) is 36.2 Å². The minimum atomic E-state index is -3.68. The average molecular weight is 365 g/mol. The van der Waals surface area contributed by atoms with Crippen LogP contribution in [0.15, 0.2) is 35.4 Å². The smallest absolute Gasteiger partial charge is 0.244 e. The van der Waals surface area contributed by atoms with Gasteiger partial charge in [-0.15, -0.1) is 11.3 Å². The summed E-state index contributed by atoms with van der Waals surface area (Å²) in [7, 11) is -3.68. The molecule has 2 aromatic rings. The molecule has 1 atom stereocenters. The van der Waals surface area contributed by atoms with Crippen LogP contribution < -0.4 is 5.32 Å². The third-order valence-corrected chi connectivity index (χ3v) is 6.74. The fourth-order valence-corrected chi connectivity index (χ4v) is 5.06. The van der Waals surface area contributed by atoms with Crippen molar-refractivity contribution in [2.45, 2.75) is 37.6 Å². The number of rotatable bonds is 4. The van der Waals surface area contributed by atoms with Crippen LogP contribution >= 0.6 is 11.3 Å². The van der Waals surface area contributed by atoms with Gasteiger partial charge in [-0.3, -0.25) is 4.79 Å². The number of carbonyl (C=O) groups excluding carboxylic acids is 1. The second-order valence-corrected chi connectivity index (χ2v) is 8.98. The zero-order valence-corrected chi connectivity index (χ0v) is 15.2. The summed E-state index contributed by atoms with van der Waals surface area (Å²) in [5.74, 6) is -0.322. The highest BCUT2D eigenvalue weighted by Gasteiger charge is 2.39. The van der Waals surface area contributed by atoms with E-state index in [1.165, 1.54) is 15.6 Å². The molecule has 1 N–H and O–H groups in total. The van der Waals surface area contributed by atoms with Crippen LogP contribution in [0.5, 0.6) is 0 Å². The second-order valence-electron chi connectivity index (χ2n) is 5.85. The van der Waals surface area contributed by atoms with Gasteiger partial charge in [-0.05, 0) is 38.8 Å². The number of hydrogen-bond acceptors (Lipinski definition) is 5. The monoisotopic (exact) mass is 365 g/mol. The highest BCUT2D eigenvalue weighted by molar-refractivity contribution is 7.89. The number of carbonyl (C=O) groups is 1. The fourth-order valence-electron chi connectivity index (χ4n) is 2.74. The first-order valence-corrected chi connectivity index (χ1v) is 9.95. The molecule has 0 aliphatic carbocycles. The van der Waals surface area contributed by atoms with Gasteiger partial charge in [0.1, 0.15) is 6.04 Å². The van der Waals surface area contributed by atoms with Crippen LogP contribution in [0.3, 0.4) is 0 Å². The quantitative estimate of drug-likeness (QED) is 0.903. The standard InChI is InChI=1S/C16H19N3O3S2/c1-11-5-7-13(8-6-11)24(21,22)19-9-3-4-14(19)15(20)18-16-17-10-12(2)23-16/h5-8,10,14H,3-4,9H2,1-2H3,(H,17,18,20). The molecule has 1 aliphatic rings. The van der Waals surface area contributed by atoms with Crippen molar-refractivity contribution in [1.29, 1.82) is 0 Å². The number of amides is 1. The van der Waals surface area contributed by atoms with Gasteiger partial charge in [-0.1, -0.05) is 17.7 Å². The lowest BCUT2D eigenvalue weighted by Crippen LogP contribution is -2.43. The third kappa shape index (κ3) is 3.35. The molecule has 1 aromatic heterocycles. The number of sulfonamides is 1. The van der Waals surface area contributed by atoms with Crippen molar-refractivity contribution in [2.75, 3.05) is 11.9 Å². The Bertz CT molecular complexity index is 844. The van der Waals surface area contributed by atoms with E-state index < -0.39 is 16.1 Å². The number of aromatic nitrogens is 1. The van der Waals surface area contributed by atoms with Gasteiger partial charge < -0.3 is 5.32 Å². The van der Waals surface area contributed by atoms with E-state index in [1.807, 2.05) is 13.8 Å².